The summed E-state index contributed by atoms with van der Waals surface area (Å²) in [7, 11) is 0. The molecule has 6 heteroatoms. The second-order valence-electron chi connectivity index (χ2n) is 7.18. The minimum absolute atomic E-state index is 0.209. The Morgan fingerprint density at radius 1 is 1.00 bits per heavy atom. The number of carbonyl (C=O) groups excluding carboxylic acids is 3. The number of rotatable bonds is 4. The molecule has 1 aliphatic carbocycles. The lowest BCUT2D eigenvalue weighted by Crippen LogP contribution is -2.38. The summed E-state index contributed by atoms with van der Waals surface area (Å²) >= 11 is 0. The van der Waals surface area contributed by atoms with Gasteiger partial charge in [0.25, 0.3) is 0 Å². The van der Waals surface area contributed by atoms with Gasteiger partial charge in [0.15, 0.2) is 0 Å². The highest BCUT2D eigenvalue weighted by molar-refractivity contribution is 6.09. The van der Waals surface area contributed by atoms with E-state index in [9.17, 15) is 14.4 Å². The van der Waals surface area contributed by atoms with Gasteiger partial charge in [0.05, 0.1) is 23.2 Å². The molecule has 136 valence electrons. The number of carbonyl (C=O) groups is 3. The van der Waals surface area contributed by atoms with Gasteiger partial charge in [0, 0.05) is 13.1 Å². The number of para-hydroxylation sites is 2. The van der Waals surface area contributed by atoms with Crippen molar-refractivity contribution in [3.8, 4) is 0 Å². The van der Waals surface area contributed by atoms with Gasteiger partial charge < -0.3 is 10.2 Å². The average Bonchev–Trinajstić information content (AvgIpc) is 3.26. The highest BCUT2D eigenvalue weighted by Crippen LogP contribution is 2.35. The Hall–Kier alpha value is -2.63. The Bertz CT molecular complexity index is 741. The number of amides is 3. The van der Waals surface area contributed by atoms with Gasteiger partial charge in [0.1, 0.15) is 6.54 Å². The van der Waals surface area contributed by atoms with Gasteiger partial charge in [-0.25, -0.2) is 0 Å². The van der Waals surface area contributed by atoms with Crippen LogP contribution in [0.5, 0.6) is 0 Å². The Morgan fingerprint density at radius 2 is 1.62 bits per heavy atom. The lowest BCUT2D eigenvalue weighted by atomic mass is 9.85. The van der Waals surface area contributed by atoms with Gasteiger partial charge in [-0.1, -0.05) is 24.3 Å². The number of allylic oxidation sites excluding steroid dienone is 2. The molecule has 0 spiro atoms. The second kappa shape index (κ2) is 6.94. The van der Waals surface area contributed by atoms with Crippen LogP contribution in [0.15, 0.2) is 36.4 Å². The summed E-state index contributed by atoms with van der Waals surface area (Å²) < 4.78 is 0. The number of hydrogen-bond donors (Lipinski definition) is 1. The molecule has 3 aliphatic rings. The maximum absolute atomic E-state index is 12.5. The zero-order valence-electron chi connectivity index (χ0n) is 14.7. The number of likely N-dealkylation sites (tertiary alicyclic amines) is 1. The third-order valence-corrected chi connectivity index (χ3v) is 5.53. The van der Waals surface area contributed by atoms with E-state index in [1.165, 1.54) is 0 Å². The van der Waals surface area contributed by atoms with Gasteiger partial charge in [-0.05, 0) is 37.8 Å². The fraction of sp³-hybridized carbons (Fsp3) is 0.450. The van der Waals surface area contributed by atoms with E-state index in [0.717, 1.165) is 42.2 Å². The molecule has 0 unspecified atom stereocenters. The Balaban J connectivity index is 1.45. The summed E-state index contributed by atoms with van der Waals surface area (Å²) in [6.07, 6.45) is 7.37. The SMILES string of the molecule is O=C(CN1C(=O)[C@H]2CC=CC[C@H]2C1=O)Nc1ccccc1N1CCCC1. The third-order valence-electron chi connectivity index (χ3n) is 5.53. The first-order valence-electron chi connectivity index (χ1n) is 9.29. The number of anilines is 2. The molecule has 1 N–H and O–H groups in total. The van der Waals surface area contributed by atoms with Crippen molar-refractivity contribution in [1.82, 2.24) is 4.90 Å². The molecule has 1 aromatic carbocycles. The van der Waals surface area contributed by atoms with E-state index in [2.05, 4.69) is 10.2 Å². The van der Waals surface area contributed by atoms with Crippen LogP contribution in [0.2, 0.25) is 0 Å². The van der Waals surface area contributed by atoms with E-state index in [1.807, 2.05) is 36.4 Å². The molecule has 4 rings (SSSR count). The quantitative estimate of drug-likeness (QED) is 0.665. The van der Waals surface area contributed by atoms with Gasteiger partial charge in [0.2, 0.25) is 17.7 Å². The first-order chi connectivity index (χ1) is 12.6. The van der Waals surface area contributed by atoms with Gasteiger partial charge in [-0.2, -0.15) is 0 Å². The highest BCUT2D eigenvalue weighted by Gasteiger charge is 2.47. The number of nitrogens with zero attached hydrogens (tertiary/aromatic N) is 2. The van der Waals surface area contributed by atoms with Crippen molar-refractivity contribution in [2.75, 3.05) is 29.9 Å². The van der Waals surface area contributed by atoms with Crippen molar-refractivity contribution in [2.24, 2.45) is 11.8 Å². The monoisotopic (exact) mass is 353 g/mol. The van der Waals surface area contributed by atoms with Crippen LogP contribution in [-0.4, -0.2) is 42.3 Å². The normalized spacial score (nSPS) is 24.9. The third kappa shape index (κ3) is 3.00. The van der Waals surface area contributed by atoms with Crippen LogP contribution < -0.4 is 10.2 Å². The molecule has 0 saturated carbocycles. The van der Waals surface area contributed by atoms with Crippen LogP contribution in [0.1, 0.15) is 25.7 Å². The molecule has 26 heavy (non-hydrogen) atoms. The van der Waals surface area contributed by atoms with Crippen molar-refractivity contribution < 1.29 is 14.4 Å². The van der Waals surface area contributed by atoms with Crippen LogP contribution in [0.3, 0.4) is 0 Å². The highest BCUT2D eigenvalue weighted by atomic mass is 16.2. The Labute approximate surface area is 152 Å². The predicted octanol–water partition coefficient (Wildman–Crippen LogP) is 2.18. The molecular formula is C20H23N3O3. The predicted molar refractivity (Wildman–Crippen MR) is 98.6 cm³/mol. The van der Waals surface area contributed by atoms with Crippen molar-refractivity contribution >= 4 is 29.1 Å². The van der Waals surface area contributed by atoms with Crippen LogP contribution in [-0.2, 0) is 14.4 Å². The molecular weight excluding hydrogens is 330 g/mol. The van der Waals surface area contributed by atoms with Crippen molar-refractivity contribution in [2.45, 2.75) is 25.7 Å². The van der Waals surface area contributed by atoms with Crippen LogP contribution in [0.4, 0.5) is 11.4 Å². The minimum atomic E-state index is -0.329. The molecule has 0 aromatic heterocycles. The van der Waals surface area contributed by atoms with E-state index in [-0.39, 0.29) is 36.1 Å². The zero-order valence-corrected chi connectivity index (χ0v) is 14.7. The minimum Gasteiger partial charge on any atom is -0.370 e. The molecule has 6 nitrogen and oxygen atoms in total. The molecule has 0 bridgehead atoms. The summed E-state index contributed by atoms with van der Waals surface area (Å²) in [5.41, 5.74) is 1.73. The number of nitrogens with one attached hydrogen (secondary N) is 1. The molecule has 2 aliphatic heterocycles. The van der Waals surface area contributed by atoms with Crippen molar-refractivity contribution in [3.05, 3.63) is 36.4 Å². The molecule has 2 atom stereocenters. The standard InChI is InChI=1S/C20H23N3O3/c24-18(13-23-19(25)14-7-1-2-8-15(14)20(23)26)21-16-9-3-4-10-17(16)22-11-5-6-12-22/h1-4,9-10,14-15H,5-8,11-13H2,(H,21,24)/t14-,15+. The fourth-order valence-electron chi connectivity index (χ4n) is 4.17. The molecule has 1 aromatic rings. The summed E-state index contributed by atoms with van der Waals surface area (Å²) in [4.78, 5) is 40.9. The maximum Gasteiger partial charge on any atom is 0.244 e. The van der Waals surface area contributed by atoms with Gasteiger partial charge in [-0.3, -0.25) is 19.3 Å². The molecule has 2 saturated heterocycles. The van der Waals surface area contributed by atoms with Gasteiger partial charge in [-0.15, -0.1) is 0 Å². The number of fused-ring (bicyclic) bond motifs is 1. The van der Waals surface area contributed by atoms with E-state index < -0.39 is 0 Å². The first kappa shape index (κ1) is 16.8. The van der Waals surface area contributed by atoms with E-state index in [1.54, 1.807) is 0 Å². The van der Waals surface area contributed by atoms with Crippen LogP contribution >= 0.6 is 0 Å². The van der Waals surface area contributed by atoms with Crippen LogP contribution in [0.25, 0.3) is 0 Å². The smallest absolute Gasteiger partial charge is 0.244 e. The van der Waals surface area contributed by atoms with E-state index >= 15 is 0 Å². The second-order valence-corrected chi connectivity index (χ2v) is 7.18. The largest absolute Gasteiger partial charge is 0.370 e. The molecule has 2 heterocycles. The Kier molecular flexibility index (Phi) is 4.49. The van der Waals surface area contributed by atoms with Crippen molar-refractivity contribution in [3.63, 3.8) is 0 Å². The number of hydrogen-bond acceptors (Lipinski definition) is 4. The summed E-state index contributed by atoms with van der Waals surface area (Å²) in [5.74, 6) is -1.35. The van der Waals surface area contributed by atoms with Crippen LogP contribution in [0, 0.1) is 11.8 Å². The van der Waals surface area contributed by atoms with Gasteiger partial charge >= 0.3 is 0 Å². The molecule has 0 radical (unpaired) electrons. The summed E-state index contributed by atoms with van der Waals surface area (Å²) in [5, 5.41) is 2.89. The lowest BCUT2D eigenvalue weighted by molar-refractivity contribution is -0.142. The van der Waals surface area contributed by atoms with E-state index in [0.29, 0.717) is 12.8 Å². The van der Waals surface area contributed by atoms with E-state index in [4.69, 9.17) is 0 Å². The maximum atomic E-state index is 12.5. The number of benzene rings is 1. The first-order valence-corrected chi connectivity index (χ1v) is 9.29. The topological polar surface area (TPSA) is 69.7 Å². The average molecular weight is 353 g/mol. The lowest BCUT2D eigenvalue weighted by Gasteiger charge is -2.22. The Morgan fingerprint density at radius 3 is 2.27 bits per heavy atom. The summed E-state index contributed by atoms with van der Waals surface area (Å²) in [6.45, 7) is 1.75. The fourth-order valence-corrected chi connectivity index (χ4v) is 4.17. The summed E-state index contributed by atoms with van der Waals surface area (Å²) in [6, 6.07) is 7.69. The molecule has 3 amide bonds. The zero-order chi connectivity index (χ0) is 18.1. The van der Waals surface area contributed by atoms with Crippen molar-refractivity contribution in [1.29, 1.82) is 0 Å². The molecule has 2 fully saturated rings. The number of imide groups is 1.